The lowest BCUT2D eigenvalue weighted by Gasteiger charge is -2.23. The monoisotopic (exact) mass is 437 g/mol. The van der Waals surface area contributed by atoms with Crippen molar-refractivity contribution in [1.82, 2.24) is 5.16 Å². The van der Waals surface area contributed by atoms with Crippen LogP contribution in [0.5, 0.6) is 0 Å². The Hall–Kier alpha value is -3.58. The van der Waals surface area contributed by atoms with E-state index in [1.807, 2.05) is 43.3 Å². The van der Waals surface area contributed by atoms with Crippen LogP contribution in [0.15, 0.2) is 64.7 Å². The van der Waals surface area contributed by atoms with E-state index in [2.05, 4.69) is 5.16 Å². The molecular formula is C23H20ClN3O4. The molecule has 1 N–H and O–H groups in total. The van der Waals surface area contributed by atoms with E-state index in [1.165, 1.54) is 4.90 Å². The number of hydrogen-bond acceptors (Lipinski definition) is 6. The Balaban J connectivity index is 1.91. The van der Waals surface area contributed by atoms with Gasteiger partial charge in [0.1, 0.15) is 11.5 Å². The van der Waals surface area contributed by atoms with E-state index in [0.717, 1.165) is 5.69 Å². The Labute approximate surface area is 184 Å². The molecule has 0 radical (unpaired) electrons. The predicted octanol–water partition coefficient (Wildman–Crippen LogP) is 4.33. The number of amides is 1. The van der Waals surface area contributed by atoms with Gasteiger partial charge in [0.05, 0.1) is 11.6 Å². The maximum atomic E-state index is 13.0. The normalized spacial score (nSPS) is 17.9. The quantitative estimate of drug-likeness (QED) is 0.371. The second-order valence-electron chi connectivity index (χ2n) is 7.46. The van der Waals surface area contributed by atoms with Gasteiger partial charge in [-0.3, -0.25) is 14.5 Å². The minimum Gasteiger partial charge on any atom is -0.507 e. The fraction of sp³-hybridized carbons (Fsp3) is 0.174. The van der Waals surface area contributed by atoms with Crippen molar-refractivity contribution in [3.63, 3.8) is 0 Å². The first-order valence-electron chi connectivity index (χ1n) is 9.55. The molecule has 1 aliphatic heterocycles. The van der Waals surface area contributed by atoms with Gasteiger partial charge in [0.25, 0.3) is 5.78 Å². The number of ketones is 1. The molecule has 2 heterocycles. The van der Waals surface area contributed by atoms with Crippen LogP contribution in [-0.4, -0.2) is 36.0 Å². The standard InChI is InChI=1S/C23H20ClN3O4/c1-13-12-18(25-31-13)27-20(14-6-10-17(11-7-14)26(2)3)19(22(29)23(27)30)21(28)15-4-8-16(24)9-5-15/h4-12,20,28H,1-3H3/t20-/m0/s1. The van der Waals surface area contributed by atoms with Crippen molar-refractivity contribution in [1.29, 1.82) is 0 Å². The van der Waals surface area contributed by atoms with Gasteiger partial charge in [-0.25, -0.2) is 0 Å². The summed E-state index contributed by atoms with van der Waals surface area (Å²) in [4.78, 5) is 29.2. The first-order chi connectivity index (χ1) is 14.8. The molecule has 1 aromatic heterocycles. The van der Waals surface area contributed by atoms with Crippen LogP contribution in [0.1, 0.15) is 22.9 Å². The zero-order valence-electron chi connectivity index (χ0n) is 17.2. The number of carbonyl (C=O) groups excluding carboxylic acids is 2. The maximum absolute atomic E-state index is 13.0. The molecule has 1 saturated heterocycles. The second-order valence-corrected chi connectivity index (χ2v) is 7.89. The summed E-state index contributed by atoms with van der Waals surface area (Å²) in [7, 11) is 3.83. The number of hydrogen-bond donors (Lipinski definition) is 1. The zero-order chi connectivity index (χ0) is 22.3. The number of aliphatic hydroxyl groups is 1. The van der Waals surface area contributed by atoms with Crippen LogP contribution in [0.4, 0.5) is 11.5 Å². The highest BCUT2D eigenvalue weighted by Gasteiger charge is 2.48. The van der Waals surface area contributed by atoms with Crippen LogP contribution in [0, 0.1) is 6.92 Å². The van der Waals surface area contributed by atoms with E-state index in [0.29, 0.717) is 21.9 Å². The van der Waals surface area contributed by atoms with E-state index in [-0.39, 0.29) is 17.2 Å². The van der Waals surface area contributed by atoms with Crippen LogP contribution in [0.25, 0.3) is 5.76 Å². The number of Topliss-reactive ketones (excluding diaryl/α,β-unsaturated/α-hetero) is 1. The molecule has 8 heteroatoms. The summed E-state index contributed by atoms with van der Waals surface area (Å²) >= 11 is 5.95. The number of aliphatic hydroxyl groups excluding tert-OH is 1. The van der Waals surface area contributed by atoms with Gasteiger partial charge in [-0.1, -0.05) is 28.9 Å². The lowest BCUT2D eigenvalue weighted by Crippen LogP contribution is -2.29. The summed E-state index contributed by atoms with van der Waals surface area (Å²) in [5.74, 6) is -1.16. The lowest BCUT2D eigenvalue weighted by atomic mass is 9.95. The Kier molecular flexibility index (Phi) is 5.29. The molecule has 158 valence electrons. The van der Waals surface area contributed by atoms with Crippen LogP contribution >= 0.6 is 11.6 Å². The first-order valence-corrected chi connectivity index (χ1v) is 9.93. The van der Waals surface area contributed by atoms with Crippen molar-refractivity contribution >= 4 is 40.6 Å². The zero-order valence-corrected chi connectivity index (χ0v) is 17.9. The van der Waals surface area contributed by atoms with Gasteiger partial charge < -0.3 is 14.5 Å². The van der Waals surface area contributed by atoms with Crippen molar-refractivity contribution in [2.75, 3.05) is 23.9 Å². The van der Waals surface area contributed by atoms with Gasteiger partial charge in [0.2, 0.25) is 0 Å². The summed E-state index contributed by atoms with van der Waals surface area (Å²) in [6, 6.07) is 14.5. The van der Waals surface area contributed by atoms with Gasteiger partial charge >= 0.3 is 5.91 Å². The highest BCUT2D eigenvalue weighted by atomic mass is 35.5. The lowest BCUT2D eigenvalue weighted by molar-refractivity contribution is -0.132. The van der Waals surface area contributed by atoms with E-state index in [4.69, 9.17) is 16.1 Å². The topological polar surface area (TPSA) is 86.9 Å². The van der Waals surface area contributed by atoms with E-state index in [1.54, 1.807) is 37.3 Å². The van der Waals surface area contributed by atoms with Crippen LogP contribution in [0.3, 0.4) is 0 Å². The molecule has 3 aromatic rings. The molecule has 1 aliphatic rings. The molecule has 0 bridgehead atoms. The summed E-state index contributed by atoms with van der Waals surface area (Å²) in [5.41, 5.74) is 1.97. The molecule has 1 amide bonds. The minimum atomic E-state index is -0.864. The molecule has 0 unspecified atom stereocenters. The highest BCUT2D eigenvalue weighted by molar-refractivity contribution is 6.51. The molecule has 0 aliphatic carbocycles. The largest absolute Gasteiger partial charge is 0.507 e. The van der Waals surface area contributed by atoms with E-state index in [9.17, 15) is 14.7 Å². The molecule has 31 heavy (non-hydrogen) atoms. The molecule has 1 atom stereocenters. The van der Waals surface area contributed by atoms with Gasteiger partial charge in [-0.05, 0) is 48.9 Å². The van der Waals surface area contributed by atoms with Crippen molar-refractivity contribution < 1.29 is 19.2 Å². The minimum absolute atomic E-state index is 0.0226. The number of rotatable bonds is 4. The summed E-state index contributed by atoms with van der Waals surface area (Å²) < 4.78 is 5.13. The van der Waals surface area contributed by atoms with Crippen molar-refractivity contribution in [3.05, 3.63) is 82.1 Å². The number of benzene rings is 2. The fourth-order valence-electron chi connectivity index (χ4n) is 3.57. The van der Waals surface area contributed by atoms with Gasteiger partial charge in [0.15, 0.2) is 5.82 Å². The third-order valence-electron chi connectivity index (χ3n) is 5.15. The average molecular weight is 438 g/mol. The SMILES string of the molecule is Cc1cc(N2C(=O)C(=O)C(=C(O)c3ccc(Cl)cc3)[C@@H]2c2ccc(N(C)C)cc2)no1. The summed E-state index contributed by atoms with van der Waals surface area (Å²) in [5, 5.41) is 15.5. The van der Waals surface area contributed by atoms with Gasteiger partial charge in [-0.2, -0.15) is 0 Å². The number of nitrogens with zero attached hydrogens (tertiary/aromatic N) is 3. The van der Waals surface area contributed by atoms with E-state index >= 15 is 0 Å². The Bertz CT molecular complexity index is 1180. The fourth-order valence-corrected chi connectivity index (χ4v) is 3.70. The molecular weight excluding hydrogens is 418 g/mol. The van der Waals surface area contributed by atoms with Crippen LogP contribution < -0.4 is 9.80 Å². The van der Waals surface area contributed by atoms with Crippen molar-refractivity contribution in [2.45, 2.75) is 13.0 Å². The number of aryl methyl sites for hydroxylation is 1. The smallest absolute Gasteiger partial charge is 0.301 e. The van der Waals surface area contributed by atoms with Gasteiger partial charge in [-0.15, -0.1) is 0 Å². The molecule has 0 saturated carbocycles. The summed E-state index contributed by atoms with van der Waals surface area (Å²) in [6.07, 6.45) is 0. The summed E-state index contributed by atoms with van der Waals surface area (Å²) in [6.45, 7) is 1.70. The third-order valence-corrected chi connectivity index (χ3v) is 5.40. The molecule has 7 nitrogen and oxygen atoms in total. The Morgan fingerprint density at radius 1 is 1.10 bits per heavy atom. The number of halogens is 1. The molecule has 0 spiro atoms. The molecule has 4 rings (SSSR count). The van der Waals surface area contributed by atoms with Crippen molar-refractivity contribution in [3.8, 4) is 0 Å². The Morgan fingerprint density at radius 3 is 2.29 bits per heavy atom. The number of anilines is 2. The van der Waals surface area contributed by atoms with Crippen LogP contribution in [-0.2, 0) is 9.59 Å². The highest BCUT2D eigenvalue weighted by Crippen LogP contribution is 2.42. The molecule has 1 fully saturated rings. The molecule has 2 aromatic carbocycles. The van der Waals surface area contributed by atoms with Crippen molar-refractivity contribution in [2.24, 2.45) is 0 Å². The third kappa shape index (κ3) is 3.68. The predicted molar refractivity (Wildman–Crippen MR) is 118 cm³/mol. The number of carbonyl (C=O) groups is 2. The first kappa shape index (κ1) is 20.7. The Morgan fingerprint density at radius 2 is 1.74 bits per heavy atom. The number of aromatic nitrogens is 1. The maximum Gasteiger partial charge on any atom is 0.301 e. The van der Waals surface area contributed by atoms with Gasteiger partial charge in [0, 0.05) is 36.4 Å². The van der Waals surface area contributed by atoms with Crippen LogP contribution in [0.2, 0.25) is 5.02 Å². The second kappa shape index (κ2) is 7.92. The van der Waals surface area contributed by atoms with E-state index < -0.39 is 17.7 Å². The average Bonchev–Trinajstić information content (AvgIpc) is 3.29.